The van der Waals surface area contributed by atoms with Crippen molar-refractivity contribution in [3.8, 4) is 5.75 Å². The van der Waals surface area contributed by atoms with Gasteiger partial charge in [-0.15, -0.1) is 23.4 Å². The lowest BCUT2D eigenvalue weighted by Crippen LogP contribution is -2.70. The molecule has 3 aromatic rings. The molecule has 2 amide bonds. The minimum atomic E-state index is -0.764. The number of nitrogens with zero attached hydrogens (tertiary/aromatic N) is 1. The quantitative estimate of drug-likeness (QED) is 0.0770. The summed E-state index contributed by atoms with van der Waals surface area (Å²) >= 11 is 10.3. The third-order valence-electron chi connectivity index (χ3n) is 7.10. The molecule has 45 heavy (non-hydrogen) atoms. The maximum atomic E-state index is 13.6. The van der Waals surface area contributed by atoms with Gasteiger partial charge in [0, 0.05) is 27.2 Å². The van der Waals surface area contributed by atoms with E-state index in [4.69, 9.17) is 32.2 Å². The summed E-state index contributed by atoms with van der Waals surface area (Å²) in [6.45, 7) is 0.0226. The Morgan fingerprint density at radius 1 is 1.07 bits per heavy atom. The zero-order valence-electron chi connectivity index (χ0n) is 24.3. The number of amidine groups is 1. The van der Waals surface area contributed by atoms with Gasteiger partial charge in [0.1, 0.15) is 29.5 Å². The summed E-state index contributed by atoms with van der Waals surface area (Å²) in [6.07, 6.45) is 0.101. The first-order valence-corrected chi connectivity index (χ1v) is 17.3. The van der Waals surface area contributed by atoms with E-state index in [-0.39, 0.29) is 35.7 Å². The highest BCUT2D eigenvalue weighted by molar-refractivity contribution is 8.13. The van der Waals surface area contributed by atoms with Crippen molar-refractivity contribution in [3.63, 3.8) is 0 Å². The molecule has 13 heteroatoms. The van der Waals surface area contributed by atoms with E-state index < -0.39 is 17.4 Å². The number of benzene rings is 3. The molecule has 1 saturated heterocycles. The number of hydrogen-bond acceptors (Lipinski definition) is 9. The maximum absolute atomic E-state index is 13.6. The van der Waals surface area contributed by atoms with Crippen LogP contribution < -0.4 is 15.8 Å². The molecule has 1 fully saturated rings. The summed E-state index contributed by atoms with van der Waals surface area (Å²) in [6, 6.07) is 21.6. The highest BCUT2D eigenvalue weighted by Gasteiger charge is 2.54. The number of thioether (sulfide) groups is 3. The molecule has 0 aromatic heterocycles. The van der Waals surface area contributed by atoms with Gasteiger partial charge in [0.2, 0.25) is 5.91 Å². The van der Waals surface area contributed by atoms with Crippen LogP contribution in [0.25, 0.3) is 0 Å². The number of carbonyl (C=O) groups is 3. The van der Waals surface area contributed by atoms with Crippen LogP contribution in [0.2, 0.25) is 0 Å². The van der Waals surface area contributed by atoms with E-state index in [0.29, 0.717) is 28.0 Å². The second-order valence-electron chi connectivity index (χ2n) is 10.1. The smallest absolute Gasteiger partial charge is 0.356 e. The van der Waals surface area contributed by atoms with Gasteiger partial charge in [0.25, 0.3) is 5.91 Å². The molecule has 3 aromatic carbocycles. The molecule has 4 N–H and O–H groups in total. The molecule has 2 aliphatic heterocycles. The summed E-state index contributed by atoms with van der Waals surface area (Å²) in [7, 11) is 1.58. The minimum absolute atomic E-state index is 0.0226. The molecular weight excluding hydrogens is 652 g/mol. The van der Waals surface area contributed by atoms with Gasteiger partial charge >= 0.3 is 5.97 Å². The van der Waals surface area contributed by atoms with Crippen molar-refractivity contribution in [2.75, 3.05) is 12.9 Å². The molecule has 2 heterocycles. The molecule has 0 unspecified atom stereocenters. The molecule has 0 spiro atoms. The topological polar surface area (TPSA) is 135 Å². The van der Waals surface area contributed by atoms with Gasteiger partial charge in [-0.3, -0.25) is 19.9 Å². The third-order valence-corrected chi connectivity index (χ3v) is 10.8. The lowest BCUT2D eigenvalue weighted by molar-refractivity contribution is -0.153. The molecule has 2 atom stereocenters. The third kappa shape index (κ3) is 7.99. The number of methoxy groups -OCH3 is 1. The average molecular weight is 683 g/mol. The van der Waals surface area contributed by atoms with Crippen LogP contribution in [0.4, 0.5) is 0 Å². The number of ether oxygens (including phenoxy) is 2. The van der Waals surface area contributed by atoms with Crippen LogP contribution in [0.1, 0.15) is 22.3 Å². The number of fused-ring (bicyclic) bond motifs is 1. The zero-order chi connectivity index (χ0) is 31.9. The highest BCUT2D eigenvalue weighted by Crippen LogP contribution is 2.46. The molecule has 234 valence electrons. The zero-order valence-corrected chi connectivity index (χ0v) is 27.5. The van der Waals surface area contributed by atoms with Gasteiger partial charge in [-0.25, -0.2) is 4.79 Å². The number of halogens is 1. The fourth-order valence-corrected chi connectivity index (χ4v) is 8.19. The van der Waals surface area contributed by atoms with Gasteiger partial charge in [-0.2, -0.15) is 0 Å². The second-order valence-corrected chi connectivity index (χ2v) is 13.7. The van der Waals surface area contributed by atoms with E-state index >= 15 is 0 Å². The largest absolute Gasteiger partial charge is 0.497 e. The second kappa shape index (κ2) is 15.1. The molecule has 0 radical (unpaired) electrons. The van der Waals surface area contributed by atoms with Crippen molar-refractivity contribution in [2.45, 2.75) is 41.0 Å². The van der Waals surface area contributed by atoms with Crippen LogP contribution in [-0.4, -0.2) is 52.1 Å². The van der Waals surface area contributed by atoms with Gasteiger partial charge in [-0.05, 0) is 40.5 Å². The van der Waals surface area contributed by atoms with Gasteiger partial charge in [0.15, 0.2) is 5.17 Å². The number of carbonyl (C=O) groups excluding carboxylic acids is 3. The van der Waals surface area contributed by atoms with Crippen molar-refractivity contribution in [1.29, 1.82) is 5.41 Å². The normalized spacial score (nSPS) is 17.3. The molecule has 2 aliphatic rings. The molecule has 0 saturated carbocycles. The fraction of sp³-hybridized carbons (Fsp3) is 0.250. The lowest BCUT2D eigenvalue weighted by atomic mass is 10.0. The SMILES string of the molecule is COc1ccc(COC(=O)C2=C(Sc3ccccc3CCl)CS[C@@H]3[C@H](NC(=O)Cc4ccc(CSC(=N)N)cc4)C(=O)N23)cc1. The Morgan fingerprint density at radius 3 is 2.44 bits per heavy atom. The Morgan fingerprint density at radius 2 is 1.76 bits per heavy atom. The van der Waals surface area contributed by atoms with Crippen LogP contribution in [0.15, 0.2) is 88.3 Å². The highest BCUT2D eigenvalue weighted by atomic mass is 35.5. The van der Waals surface area contributed by atoms with E-state index in [9.17, 15) is 14.4 Å². The van der Waals surface area contributed by atoms with Crippen molar-refractivity contribution < 1.29 is 23.9 Å². The molecule has 0 bridgehead atoms. The molecule has 5 rings (SSSR count). The molecular formula is C32H31ClN4O5S3. The minimum Gasteiger partial charge on any atom is -0.497 e. The summed E-state index contributed by atoms with van der Waals surface area (Å²) in [5, 5.41) is 9.82. The standard InChI is InChI=1S/C32H31ClN4O5S3/c1-41-23-12-10-20(11-13-23)16-42-31(40)28-25(45-24-5-3-2-4-22(24)15-33)18-43-30-27(29(39)37(28)30)36-26(38)14-19-6-8-21(9-7-19)17-44-32(34)35/h2-13,27,30H,14-18H2,1H3,(H3,34,35)(H,36,38)/t27-,30-/m1/s1. The van der Waals surface area contributed by atoms with Crippen molar-refractivity contribution >= 4 is 69.8 Å². The van der Waals surface area contributed by atoms with Crippen LogP contribution in [0, 0.1) is 5.41 Å². The number of nitrogens with two attached hydrogens (primary N) is 1. The summed E-state index contributed by atoms with van der Waals surface area (Å²) in [5.41, 5.74) is 9.08. The van der Waals surface area contributed by atoms with Crippen LogP contribution in [-0.2, 0) is 43.8 Å². The number of esters is 1. The molecule has 9 nitrogen and oxygen atoms in total. The number of hydrogen-bond donors (Lipinski definition) is 3. The average Bonchev–Trinajstić information content (AvgIpc) is 3.06. The van der Waals surface area contributed by atoms with Crippen LogP contribution in [0.5, 0.6) is 5.75 Å². The summed E-state index contributed by atoms with van der Waals surface area (Å²) in [4.78, 5) is 43.1. The van der Waals surface area contributed by atoms with Crippen molar-refractivity contribution in [1.82, 2.24) is 10.2 Å². The Bertz CT molecular complexity index is 1620. The van der Waals surface area contributed by atoms with Gasteiger partial charge in [-0.1, -0.05) is 78.1 Å². The van der Waals surface area contributed by atoms with Gasteiger partial charge in [0.05, 0.1) is 13.5 Å². The number of nitrogens with one attached hydrogen (secondary N) is 2. The molecule has 0 aliphatic carbocycles. The van der Waals surface area contributed by atoms with Crippen molar-refractivity contribution in [3.05, 3.63) is 106 Å². The van der Waals surface area contributed by atoms with Crippen LogP contribution in [0.3, 0.4) is 0 Å². The van der Waals surface area contributed by atoms with E-state index in [1.165, 1.54) is 40.2 Å². The first kappa shape index (κ1) is 32.8. The predicted octanol–water partition coefficient (Wildman–Crippen LogP) is 5.25. The monoisotopic (exact) mass is 682 g/mol. The number of rotatable bonds is 12. The van der Waals surface area contributed by atoms with E-state index in [1.807, 2.05) is 60.7 Å². The first-order chi connectivity index (χ1) is 21.8. The summed E-state index contributed by atoms with van der Waals surface area (Å²) < 4.78 is 10.9. The number of amides is 2. The van der Waals surface area contributed by atoms with E-state index in [2.05, 4.69) is 5.32 Å². The fourth-order valence-electron chi connectivity index (χ4n) is 4.77. The predicted molar refractivity (Wildman–Crippen MR) is 180 cm³/mol. The Hall–Kier alpha value is -3.58. The number of β-lactam (4-membered cyclic amide) rings is 1. The maximum Gasteiger partial charge on any atom is 0.356 e. The Balaban J connectivity index is 1.30. The Kier molecular flexibility index (Phi) is 11.0. The van der Waals surface area contributed by atoms with E-state index in [1.54, 1.807) is 19.2 Å². The van der Waals surface area contributed by atoms with Crippen molar-refractivity contribution in [2.24, 2.45) is 5.73 Å². The lowest BCUT2D eigenvalue weighted by Gasteiger charge is -2.49. The summed E-state index contributed by atoms with van der Waals surface area (Å²) in [5.74, 6) is 0.763. The van der Waals surface area contributed by atoms with Gasteiger partial charge < -0.3 is 20.5 Å². The first-order valence-electron chi connectivity index (χ1n) is 13.9. The van der Waals surface area contributed by atoms with E-state index in [0.717, 1.165) is 27.1 Å². The number of alkyl halides is 1. The van der Waals surface area contributed by atoms with Crippen LogP contribution >= 0.6 is 46.9 Å². The Labute approximate surface area is 279 Å².